The minimum atomic E-state index is -0.434. The number of nitrogens with one attached hydrogen (secondary N) is 3. The second-order valence-corrected chi connectivity index (χ2v) is 5.63. The molecule has 2 rings (SSSR count). The van der Waals surface area contributed by atoms with Crippen molar-refractivity contribution < 1.29 is 14.0 Å². The lowest BCUT2D eigenvalue weighted by Crippen LogP contribution is -2.35. The van der Waals surface area contributed by atoms with Gasteiger partial charge in [0, 0.05) is 12.2 Å². The quantitative estimate of drug-likeness (QED) is 0.752. The second-order valence-electron chi connectivity index (χ2n) is 4.57. The van der Waals surface area contributed by atoms with Crippen molar-refractivity contribution in [2.75, 3.05) is 11.9 Å². The molecule has 1 aromatic carbocycles. The van der Waals surface area contributed by atoms with E-state index in [1.54, 1.807) is 0 Å². The van der Waals surface area contributed by atoms with Crippen molar-refractivity contribution in [2.45, 2.75) is 19.9 Å². The average molecular weight is 337 g/mol. The van der Waals surface area contributed by atoms with Gasteiger partial charge >= 0.3 is 6.03 Å². The summed E-state index contributed by atoms with van der Waals surface area (Å²) in [6, 6.07) is 5.11. The molecule has 3 N–H and O–H groups in total. The molecule has 3 amide bonds. The number of hydrogen-bond donors (Lipinski definition) is 3. The summed E-state index contributed by atoms with van der Waals surface area (Å²) in [4.78, 5) is 23.4. The summed E-state index contributed by atoms with van der Waals surface area (Å²) < 4.78 is 12.8. The number of amides is 3. The van der Waals surface area contributed by atoms with Crippen molar-refractivity contribution >= 4 is 29.0 Å². The first kappa shape index (κ1) is 16.8. The lowest BCUT2D eigenvalue weighted by atomic mass is 10.3. The Morgan fingerprint density at radius 3 is 2.61 bits per heavy atom. The van der Waals surface area contributed by atoms with Gasteiger partial charge in [-0.05, 0) is 30.7 Å². The zero-order chi connectivity index (χ0) is 16.7. The number of benzene rings is 1. The molecule has 0 saturated carbocycles. The molecular formula is C14H16FN5O2S. The van der Waals surface area contributed by atoms with Crippen LogP contribution in [-0.4, -0.2) is 28.7 Å². The van der Waals surface area contributed by atoms with Crippen LogP contribution in [0.4, 0.5) is 14.9 Å². The summed E-state index contributed by atoms with van der Waals surface area (Å²) in [5.41, 5.74) is 0.463. The van der Waals surface area contributed by atoms with Gasteiger partial charge in [0.1, 0.15) is 10.8 Å². The van der Waals surface area contributed by atoms with Crippen molar-refractivity contribution in [1.82, 2.24) is 20.8 Å². The summed E-state index contributed by atoms with van der Waals surface area (Å²) in [6.45, 7) is 2.74. The smallest absolute Gasteiger partial charge is 0.315 e. The molecule has 7 nitrogen and oxygen atoms in total. The van der Waals surface area contributed by atoms with Crippen LogP contribution in [0, 0.1) is 5.82 Å². The van der Waals surface area contributed by atoms with Crippen LogP contribution < -0.4 is 16.0 Å². The molecule has 0 unspecified atom stereocenters. The van der Waals surface area contributed by atoms with Crippen LogP contribution >= 0.6 is 11.3 Å². The van der Waals surface area contributed by atoms with Gasteiger partial charge in [0.05, 0.1) is 6.54 Å². The van der Waals surface area contributed by atoms with E-state index < -0.39 is 5.91 Å². The summed E-state index contributed by atoms with van der Waals surface area (Å²) in [6.07, 6.45) is 0.847. The molecule has 0 fully saturated rings. The Morgan fingerprint density at radius 2 is 1.91 bits per heavy atom. The number of rotatable bonds is 6. The molecule has 0 spiro atoms. The van der Waals surface area contributed by atoms with Crippen LogP contribution in [0.5, 0.6) is 0 Å². The predicted molar refractivity (Wildman–Crippen MR) is 84.8 cm³/mol. The van der Waals surface area contributed by atoms with Crippen LogP contribution in [0.25, 0.3) is 0 Å². The highest BCUT2D eigenvalue weighted by Gasteiger charge is 2.13. The normalized spacial score (nSPS) is 10.2. The van der Waals surface area contributed by atoms with Gasteiger partial charge in [-0.1, -0.05) is 18.3 Å². The van der Waals surface area contributed by atoms with Gasteiger partial charge in [-0.15, -0.1) is 10.2 Å². The maximum Gasteiger partial charge on any atom is 0.315 e. The van der Waals surface area contributed by atoms with Crippen LogP contribution in [0.15, 0.2) is 24.3 Å². The zero-order valence-corrected chi connectivity index (χ0v) is 13.2. The fourth-order valence-corrected chi connectivity index (χ4v) is 2.27. The first-order valence-corrected chi connectivity index (χ1v) is 7.81. The SMILES string of the molecule is CCCNC(=O)NCc1nnc(C(=O)Nc2ccc(F)cc2)s1. The van der Waals surface area contributed by atoms with Gasteiger partial charge in [0.2, 0.25) is 5.01 Å². The van der Waals surface area contributed by atoms with Gasteiger partial charge in [0.25, 0.3) is 5.91 Å². The standard InChI is InChI=1S/C14H16FN5O2S/c1-2-7-16-14(22)17-8-11-19-20-13(23-11)12(21)18-10-5-3-9(15)4-6-10/h3-6H,2,7-8H2,1H3,(H,18,21)(H2,16,17,22). The molecule has 2 aromatic rings. The molecule has 0 aliphatic carbocycles. The Labute approximate surface area is 136 Å². The van der Waals surface area contributed by atoms with E-state index in [9.17, 15) is 14.0 Å². The third-order valence-electron chi connectivity index (χ3n) is 2.70. The summed E-state index contributed by atoms with van der Waals surface area (Å²) in [5.74, 6) is -0.815. The van der Waals surface area contributed by atoms with Crippen molar-refractivity contribution in [3.63, 3.8) is 0 Å². The highest BCUT2D eigenvalue weighted by Crippen LogP contribution is 2.13. The van der Waals surface area contributed by atoms with E-state index in [0.29, 0.717) is 17.2 Å². The molecule has 0 bridgehead atoms. The first-order chi connectivity index (χ1) is 11.1. The molecule has 23 heavy (non-hydrogen) atoms. The Morgan fingerprint density at radius 1 is 1.17 bits per heavy atom. The van der Waals surface area contributed by atoms with E-state index in [2.05, 4.69) is 26.1 Å². The Bertz CT molecular complexity index is 674. The minimum absolute atomic E-state index is 0.167. The van der Waals surface area contributed by atoms with Gasteiger partial charge in [-0.2, -0.15) is 0 Å². The van der Waals surface area contributed by atoms with Crippen LogP contribution in [-0.2, 0) is 6.54 Å². The number of hydrogen-bond acceptors (Lipinski definition) is 5. The second kappa shape index (κ2) is 8.18. The topological polar surface area (TPSA) is 96.0 Å². The van der Waals surface area contributed by atoms with Gasteiger partial charge in [0.15, 0.2) is 0 Å². The van der Waals surface area contributed by atoms with Crippen molar-refractivity contribution in [3.8, 4) is 0 Å². The molecule has 0 saturated heterocycles. The van der Waals surface area contributed by atoms with Crippen LogP contribution in [0.1, 0.15) is 28.2 Å². The molecule has 0 aliphatic rings. The van der Waals surface area contributed by atoms with E-state index in [1.807, 2.05) is 6.92 Å². The maximum absolute atomic E-state index is 12.8. The van der Waals surface area contributed by atoms with Crippen LogP contribution in [0.2, 0.25) is 0 Å². The predicted octanol–water partition coefficient (Wildman–Crippen LogP) is 2.14. The van der Waals surface area contributed by atoms with E-state index in [-0.39, 0.29) is 23.4 Å². The number of carbonyl (C=O) groups excluding carboxylic acids is 2. The van der Waals surface area contributed by atoms with E-state index >= 15 is 0 Å². The number of nitrogens with zero attached hydrogens (tertiary/aromatic N) is 2. The monoisotopic (exact) mass is 337 g/mol. The third kappa shape index (κ3) is 5.29. The molecule has 0 aliphatic heterocycles. The number of halogens is 1. The van der Waals surface area contributed by atoms with E-state index in [0.717, 1.165) is 17.8 Å². The van der Waals surface area contributed by atoms with Gasteiger partial charge in [-0.3, -0.25) is 4.79 Å². The summed E-state index contributed by atoms with van der Waals surface area (Å²) in [7, 11) is 0. The van der Waals surface area contributed by atoms with Crippen molar-refractivity contribution in [1.29, 1.82) is 0 Å². The number of aromatic nitrogens is 2. The molecular weight excluding hydrogens is 321 g/mol. The Kier molecular flexibility index (Phi) is 5.98. The van der Waals surface area contributed by atoms with Crippen molar-refractivity contribution in [2.24, 2.45) is 0 Å². The molecule has 0 atom stereocenters. The van der Waals surface area contributed by atoms with Gasteiger partial charge < -0.3 is 16.0 Å². The Balaban J connectivity index is 1.87. The minimum Gasteiger partial charge on any atom is -0.338 e. The highest BCUT2D eigenvalue weighted by molar-refractivity contribution is 7.13. The van der Waals surface area contributed by atoms with Crippen LogP contribution in [0.3, 0.4) is 0 Å². The van der Waals surface area contributed by atoms with Crippen molar-refractivity contribution in [3.05, 3.63) is 40.1 Å². The van der Waals surface area contributed by atoms with Gasteiger partial charge in [-0.25, -0.2) is 9.18 Å². The molecule has 0 radical (unpaired) electrons. The molecule has 122 valence electrons. The Hall–Kier alpha value is -2.55. The summed E-state index contributed by atoms with van der Waals surface area (Å²) >= 11 is 1.08. The lowest BCUT2D eigenvalue weighted by molar-refractivity contribution is 0.102. The number of carbonyl (C=O) groups is 2. The molecule has 1 heterocycles. The van der Waals surface area contributed by atoms with E-state index in [4.69, 9.17) is 0 Å². The molecule has 1 aromatic heterocycles. The number of anilines is 1. The molecule has 9 heteroatoms. The third-order valence-corrected chi connectivity index (χ3v) is 3.62. The zero-order valence-electron chi connectivity index (χ0n) is 12.4. The fraction of sp³-hybridized carbons (Fsp3) is 0.286. The lowest BCUT2D eigenvalue weighted by Gasteiger charge is -2.03. The summed E-state index contributed by atoms with van der Waals surface area (Å²) in [5, 5.41) is 16.2. The number of urea groups is 1. The fourth-order valence-electron chi connectivity index (χ4n) is 1.59. The van der Waals surface area contributed by atoms with E-state index in [1.165, 1.54) is 24.3 Å². The average Bonchev–Trinajstić information content (AvgIpc) is 3.02. The highest BCUT2D eigenvalue weighted by atomic mass is 32.1. The first-order valence-electron chi connectivity index (χ1n) is 6.99. The largest absolute Gasteiger partial charge is 0.338 e. The maximum atomic E-state index is 12.8.